The number of carbonyl (C=O) groups is 4. The van der Waals surface area contributed by atoms with E-state index in [0.29, 0.717) is 23.4 Å². The van der Waals surface area contributed by atoms with Gasteiger partial charge in [0.2, 0.25) is 5.91 Å². The summed E-state index contributed by atoms with van der Waals surface area (Å²) in [6.07, 6.45) is -0.436. The highest BCUT2D eigenvalue weighted by molar-refractivity contribution is 6.01. The molecule has 0 aromatic heterocycles. The van der Waals surface area contributed by atoms with E-state index in [4.69, 9.17) is 15.2 Å². The minimum absolute atomic E-state index is 0.0309. The number of nitrogens with two attached hydrogens (primary N) is 1. The van der Waals surface area contributed by atoms with Gasteiger partial charge in [-0.3, -0.25) is 14.4 Å². The normalized spacial score (nSPS) is 13.5. The third-order valence-electron chi connectivity index (χ3n) is 5.76. The summed E-state index contributed by atoms with van der Waals surface area (Å²) in [5.41, 5.74) is 7.88. The van der Waals surface area contributed by atoms with Crippen LogP contribution in [0.3, 0.4) is 0 Å². The Labute approximate surface area is 216 Å². The number of rotatable bonds is 10. The Morgan fingerprint density at radius 1 is 1.08 bits per heavy atom. The Morgan fingerprint density at radius 2 is 1.76 bits per heavy atom. The van der Waals surface area contributed by atoms with Gasteiger partial charge in [-0.15, -0.1) is 0 Å². The van der Waals surface area contributed by atoms with Crippen LogP contribution in [0.1, 0.15) is 60.7 Å². The number of nitrogens with one attached hydrogen (secondary N) is 1. The van der Waals surface area contributed by atoms with Crippen molar-refractivity contribution < 1.29 is 33.4 Å². The predicted octanol–water partition coefficient (Wildman–Crippen LogP) is 3.05. The van der Waals surface area contributed by atoms with Crippen LogP contribution in [-0.4, -0.2) is 47.5 Å². The number of esters is 1. The number of carbonyl (C=O) groups excluding carboxylic acids is 4. The van der Waals surface area contributed by atoms with Crippen LogP contribution in [0.5, 0.6) is 5.75 Å². The SMILES string of the molecule is COC(=O)CCC(C(N)=O)N1Cc2c(OCc3ccc(CNC(=O)OC(C)(C)C)cc3)cccc2C1=O. The molecule has 198 valence electrons. The summed E-state index contributed by atoms with van der Waals surface area (Å²) >= 11 is 0. The van der Waals surface area contributed by atoms with Gasteiger partial charge in [-0.1, -0.05) is 30.3 Å². The molecule has 2 aromatic rings. The quantitative estimate of drug-likeness (QED) is 0.468. The van der Waals surface area contributed by atoms with E-state index in [1.165, 1.54) is 12.0 Å². The lowest BCUT2D eigenvalue weighted by Gasteiger charge is -2.24. The predicted molar refractivity (Wildman–Crippen MR) is 134 cm³/mol. The van der Waals surface area contributed by atoms with Gasteiger partial charge in [0.15, 0.2) is 0 Å². The lowest BCUT2D eigenvalue weighted by molar-refractivity contribution is -0.141. The van der Waals surface area contributed by atoms with Crippen LogP contribution in [-0.2, 0) is 38.8 Å². The fourth-order valence-electron chi connectivity index (χ4n) is 3.92. The minimum Gasteiger partial charge on any atom is -0.489 e. The number of ether oxygens (including phenoxy) is 3. The standard InChI is InChI=1S/C27H33N3O7/c1-27(2,3)37-26(34)29-14-17-8-10-18(11-9-17)16-36-22-7-5-6-19-20(22)15-30(25(19)33)21(24(28)32)12-13-23(31)35-4/h5-11,21H,12-16H2,1-4H3,(H2,28,32)(H,29,34). The number of hydrogen-bond donors (Lipinski definition) is 2. The molecule has 2 aromatic carbocycles. The third-order valence-corrected chi connectivity index (χ3v) is 5.76. The first kappa shape index (κ1) is 27.5. The van der Waals surface area contributed by atoms with E-state index in [0.717, 1.165) is 11.1 Å². The van der Waals surface area contributed by atoms with Gasteiger partial charge >= 0.3 is 12.1 Å². The summed E-state index contributed by atoms with van der Waals surface area (Å²) in [4.78, 5) is 49.8. The number of benzene rings is 2. The molecule has 1 atom stereocenters. The zero-order chi connectivity index (χ0) is 27.2. The molecule has 1 heterocycles. The number of fused-ring (bicyclic) bond motifs is 1. The van der Waals surface area contributed by atoms with Crippen molar-refractivity contribution in [2.45, 2.75) is 65.0 Å². The van der Waals surface area contributed by atoms with Crippen LogP contribution in [0.25, 0.3) is 0 Å². The summed E-state index contributed by atoms with van der Waals surface area (Å²) in [7, 11) is 1.26. The van der Waals surface area contributed by atoms with Gasteiger partial charge < -0.3 is 30.2 Å². The zero-order valence-electron chi connectivity index (χ0n) is 21.5. The number of amides is 3. The van der Waals surface area contributed by atoms with Crippen molar-refractivity contribution in [2.24, 2.45) is 5.73 Å². The van der Waals surface area contributed by atoms with Crippen LogP contribution in [0.15, 0.2) is 42.5 Å². The fraction of sp³-hybridized carbons (Fsp3) is 0.407. The van der Waals surface area contributed by atoms with Gasteiger partial charge in [-0.05, 0) is 50.5 Å². The van der Waals surface area contributed by atoms with E-state index in [-0.39, 0.29) is 31.9 Å². The van der Waals surface area contributed by atoms with Crippen LogP contribution in [0, 0.1) is 0 Å². The summed E-state index contributed by atoms with van der Waals surface area (Å²) < 4.78 is 15.9. The molecule has 3 rings (SSSR count). The van der Waals surface area contributed by atoms with Crippen molar-refractivity contribution in [1.82, 2.24) is 10.2 Å². The second-order valence-electron chi connectivity index (χ2n) is 9.71. The Hall–Kier alpha value is -4.08. The summed E-state index contributed by atoms with van der Waals surface area (Å²) in [6, 6.07) is 11.8. The van der Waals surface area contributed by atoms with Crippen molar-refractivity contribution in [1.29, 1.82) is 0 Å². The Balaban J connectivity index is 1.62. The van der Waals surface area contributed by atoms with E-state index < -0.39 is 29.6 Å². The third kappa shape index (κ3) is 7.45. The van der Waals surface area contributed by atoms with Crippen molar-refractivity contribution in [3.05, 3.63) is 64.7 Å². The van der Waals surface area contributed by atoms with E-state index >= 15 is 0 Å². The first-order chi connectivity index (χ1) is 17.5. The van der Waals surface area contributed by atoms with E-state index in [2.05, 4.69) is 10.1 Å². The molecule has 0 saturated heterocycles. The van der Waals surface area contributed by atoms with Gasteiger partial charge in [-0.25, -0.2) is 4.79 Å². The number of alkyl carbamates (subject to hydrolysis) is 1. The van der Waals surface area contributed by atoms with Crippen molar-refractivity contribution >= 4 is 23.9 Å². The maximum Gasteiger partial charge on any atom is 0.407 e. The molecule has 3 N–H and O–H groups in total. The van der Waals surface area contributed by atoms with Gasteiger partial charge in [0, 0.05) is 24.1 Å². The molecule has 0 bridgehead atoms. The molecule has 0 radical (unpaired) electrons. The number of methoxy groups -OCH3 is 1. The van der Waals surface area contributed by atoms with E-state index in [1.807, 2.05) is 24.3 Å². The molecular weight excluding hydrogens is 478 g/mol. The Kier molecular flexibility index (Phi) is 8.75. The second-order valence-corrected chi connectivity index (χ2v) is 9.71. The topological polar surface area (TPSA) is 137 Å². The lowest BCUT2D eigenvalue weighted by Crippen LogP contribution is -2.45. The molecule has 3 amide bonds. The van der Waals surface area contributed by atoms with Crippen LogP contribution in [0.4, 0.5) is 4.79 Å². The van der Waals surface area contributed by atoms with E-state index in [1.54, 1.807) is 39.0 Å². The summed E-state index contributed by atoms with van der Waals surface area (Å²) in [6.45, 7) is 6.14. The molecule has 0 fully saturated rings. The highest BCUT2D eigenvalue weighted by Crippen LogP contribution is 2.33. The molecule has 37 heavy (non-hydrogen) atoms. The van der Waals surface area contributed by atoms with Crippen molar-refractivity contribution in [3.63, 3.8) is 0 Å². The van der Waals surface area contributed by atoms with Gasteiger partial charge in [-0.2, -0.15) is 0 Å². The van der Waals surface area contributed by atoms with Crippen LogP contribution < -0.4 is 15.8 Å². The molecule has 0 aliphatic carbocycles. The molecule has 10 heteroatoms. The molecule has 0 spiro atoms. The highest BCUT2D eigenvalue weighted by Gasteiger charge is 2.37. The lowest BCUT2D eigenvalue weighted by atomic mass is 10.1. The molecule has 1 unspecified atom stereocenters. The fourth-order valence-corrected chi connectivity index (χ4v) is 3.92. The Morgan fingerprint density at radius 3 is 2.38 bits per heavy atom. The molecule has 10 nitrogen and oxygen atoms in total. The summed E-state index contributed by atoms with van der Waals surface area (Å²) in [5.74, 6) is -0.976. The second kappa shape index (κ2) is 11.8. The zero-order valence-corrected chi connectivity index (χ0v) is 21.5. The van der Waals surface area contributed by atoms with Gasteiger partial charge in [0.25, 0.3) is 5.91 Å². The van der Waals surface area contributed by atoms with Gasteiger partial charge in [0.05, 0.1) is 13.7 Å². The maximum absolute atomic E-state index is 13.0. The average molecular weight is 512 g/mol. The molecule has 0 saturated carbocycles. The molecule has 1 aliphatic heterocycles. The number of primary amides is 1. The van der Waals surface area contributed by atoms with Crippen LogP contribution in [0.2, 0.25) is 0 Å². The first-order valence-corrected chi connectivity index (χ1v) is 11.9. The largest absolute Gasteiger partial charge is 0.489 e. The maximum atomic E-state index is 13.0. The smallest absolute Gasteiger partial charge is 0.407 e. The minimum atomic E-state index is -0.936. The van der Waals surface area contributed by atoms with Crippen molar-refractivity contribution in [2.75, 3.05) is 7.11 Å². The van der Waals surface area contributed by atoms with Crippen molar-refractivity contribution in [3.8, 4) is 5.75 Å². The first-order valence-electron chi connectivity index (χ1n) is 11.9. The average Bonchev–Trinajstić information content (AvgIpc) is 3.17. The van der Waals surface area contributed by atoms with Crippen LogP contribution >= 0.6 is 0 Å². The van der Waals surface area contributed by atoms with E-state index in [9.17, 15) is 19.2 Å². The molecule has 1 aliphatic rings. The Bertz CT molecular complexity index is 1160. The summed E-state index contributed by atoms with van der Waals surface area (Å²) in [5, 5.41) is 2.72. The monoisotopic (exact) mass is 511 g/mol. The highest BCUT2D eigenvalue weighted by atomic mass is 16.6. The van der Waals surface area contributed by atoms with Gasteiger partial charge in [0.1, 0.15) is 24.0 Å². The number of hydrogen-bond acceptors (Lipinski definition) is 7. The number of nitrogens with zero attached hydrogens (tertiary/aromatic N) is 1. The molecular formula is C27H33N3O7.